The topological polar surface area (TPSA) is 96.9 Å². The zero-order valence-corrected chi connectivity index (χ0v) is 20.5. The number of ether oxygens (including phenoxy) is 2. The van der Waals surface area contributed by atoms with Crippen LogP contribution in [0.1, 0.15) is 43.8 Å². The first-order chi connectivity index (χ1) is 17.1. The molecule has 0 saturated heterocycles. The Hall–Kier alpha value is -2.62. The van der Waals surface area contributed by atoms with E-state index < -0.39 is 29.4 Å². The molecule has 1 unspecified atom stereocenters. The Morgan fingerprint density at radius 3 is 2.58 bits per heavy atom. The van der Waals surface area contributed by atoms with Crippen LogP contribution >= 0.6 is 23.2 Å². The molecule has 0 aromatic heterocycles. The summed E-state index contributed by atoms with van der Waals surface area (Å²) in [5, 5.41) is 16.3. The van der Waals surface area contributed by atoms with E-state index in [9.17, 15) is 23.5 Å². The third-order valence-electron chi connectivity index (χ3n) is 7.10. The van der Waals surface area contributed by atoms with Crippen molar-refractivity contribution in [2.45, 2.75) is 55.9 Å². The average molecular weight is 541 g/mol. The van der Waals surface area contributed by atoms with Crippen LogP contribution in [0.5, 0.6) is 11.5 Å². The molecule has 3 fully saturated rings. The van der Waals surface area contributed by atoms with Crippen LogP contribution < -0.4 is 20.1 Å². The fourth-order valence-corrected chi connectivity index (χ4v) is 5.75. The van der Waals surface area contributed by atoms with Crippen LogP contribution in [0.4, 0.5) is 8.78 Å². The predicted molar refractivity (Wildman–Crippen MR) is 127 cm³/mol. The molecule has 11 heteroatoms. The number of carbonyl (C=O) groups excluding carboxylic acids is 2. The molecule has 7 nitrogen and oxygen atoms in total. The quantitative estimate of drug-likeness (QED) is 0.491. The number of rotatable bonds is 7. The summed E-state index contributed by atoms with van der Waals surface area (Å²) in [6.07, 6.45) is 0.761. The van der Waals surface area contributed by atoms with Gasteiger partial charge < -0.3 is 25.2 Å². The zero-order chi connectivity index (χ0) is 25.6. The Balaban J connectivity index is 1.10. The van der Waals surface area contributed by atoms with Gasteiger partial charge in [-0.3, -0.25) is 9.59 Å². The molecular weight excluding hydrogens is 517 g/mol. The molecule has 1 aliphatic heterocycles. The average Bonchev–Trinajstić information content (AvgIpc) is 3.29. The molecule has 2 aromatic carbocycles. The minimum atomic E-state index is -0.909. The molecule has 3 aliphatic carbocycles. The molecule has 1 heterocycles. The van der Waals surface area contributed by atoms with Crippen molar-refractivity contribution in [2.24, 2.45) is 5.92 Å². The standard InChI is InChI=1S/C25H24Cl2F2N2O5/c26-16-2-1-13(3-18(16)28)35-11-24(34)30-20-10-25(8-12(20)9-25)31-23(33)5-14-4-21(32)15-6-17(27)19(29)7-22(15)36-14/h1-3,6-7,12,14,20-21,32H,4-5,8-11H2,(H,30,34)(H,31,33)/t12?,14-,20?,21-,25?/m1/s1. The van der Waals surface area contributed by atoms with Crippen molar-refractivity contribution in [1.82, 2.24) is 10.6 Å². The monoisotopic (exact) mass is 540 g/mol. The molecule has 2 bridgehead atoms. The highest BCUT2D eigenvalue weighted by Gasteiger charge is 2.57. The number of nitrogens with one attached hydrogen (secondary N) is 2. The van der Waals surface area contributed by atoms with E-state index in [1.54, 1.807) is 0 Å². The molecule has 36 heavy (non-hydrogen) atoms. The minimum Gasteiger partial charge on any atom is -0.489 e. The second kappa shape index (κ2) is 9.68. The first-order valence-electron chi connectivity index (χ1n) is 11.6. The second-order valence-corrected chi connectivity index (χ2v) is 10.6. The first kappa shape index (κ1) is 25.0. The molecule has 3 N–H and O–H groups in total. The molecule has 0 radical (unpaired) electrons. The van der Waals surface area contributed by atoms with E-state index in [1.165, 1.54) is 18.2 Å². The number of halogens is 4. The number of amides is 2. The van der Waals surface area contributed by atoms with Crippen molar-refractivity contribution in [3.05, 3.63) is 57.6 Å². The number of hydrogen-bond donors (Lipinski definition) is 3. The summed E-state index contributed by atoms with van der Waals surface area (Å²) >= 11 is 11.4. The highest BCUT2D eigenvalue weighted by Crippen LogP contribution is 2.52. The van der Waals surface area contributed by atoms with Gasteiger partial charge in [0, 0.05) is 35.7 Å². The third kappa shape index (κ3) is 5.10. The minimum absolute atomic E-state index is 0.00960. The van der Waals surface area contributed by atoms with Gasteiger partial charge in [0.25, 0.3) is 5.91 Å². The number of benzene rings is 2. The zero-order valence-electron chi connectivity index (χ0n) is 19.0. The molecule has 2 amide bonds. The largest absolute Gasteiger partial charge is 0.489 e. The summed E-state index contributed by atoms with van der Waals surface area (Å²) in [5.41, 5.74) is 0.00283. The van der Waals surface area contributed by atoms with Gasteiger partial charge in [0.1, 0.15) is 29.2 Å². The lowest BCUT2D eigenvalue weighted by Gasteiger charge is -2.39. The maximum Gasteiger partial charge on any atom is 0.258 e. The molecule has 3 atom stereocenters. The van der Waals surface area contributed by atoms with Crippen molar-refractivity contribution in [3.63, 3.8) is 0 Å². The molecule has 0 spiro atoms. The molecular formula is C25H24Cl2F2N2O5. The smallest absolute Gasteiger partial charge is 0.258 e. The van der Waals surface area contributed by atoms with Crippen LogP contribution in [0, 0.1) is 17.6 Å². The van der Waals surface area contributed by atoms with Crippen molar-refractivity contribution >= 4 is 35.0 Å². The molecule has 3 saturated carbocycles. The van der Waals surface area contributed by atoms with Crippen molar-refractivity contribution < 1.29 is 33.0 Å². The Bertz CT molecular complexity index is 1210. The molecule has 2 aromatic rings. The Kier molecular flexibility index (Phi) is 6.74. The highest BCUT2D eigenvalue weighted by atomic mass is 35.5. The van der Waals surface area contributed by atoms with Crippen LogP contribution in [0.3, 0.4) is 0 Å². The van der Waals surface area contributed by atoms with Crippen LogP contribution in [-0.2, 0) is 9.59 Å². The van der Waals surface area contributed by atoms with E-state index in [0.717, 1.165) is 25.0 Å². The van der Waals surface area contributed by atoms with Crippen molar-refractivity contribution in [2.75, 3.05) is 6.61 Å². The van der Waals surface area contributed by atoms with E-state index in [1.807, 2.05) is 0 Å². The summed E-state index contributed by atoms with van der Waals surface area (Å²) in [4.78, 5) is 25.1. The first-order valence-corrected chi connectivity index (χ1v) is 12.4. The van der Waals surface area contributed by atoms with Gasteiger partial charge in [-0.1, -0.05) is 23.2 Å². The number of aliphatic hydroxyl groups excluding tert-OH is 1. The summed E-state index contributed by atoms with van der Waals surface area (Å²) in [6, 6.07) is 6.31. The normalized spacial score (nSPS) is 27.9. The molecule has 4 aliphatic rings. The highest BCUT2D eigenvalue weighted by molar-refractivity contribution is 6.31. The second-order valence-electron chi connectivity index (χ2n) is 9.74. The number of carbonyl (C=O) groups is 2. The number of hydrogen-bond acceptors (Lipinski definition) is 5. The number of aliphatic hydroxyl groups is 1. The van der Waals surface area contributed by atoms with Crippen molar-refractivity contribution in [3.8, 4) is 11.5 Å². The third-order valence-corrected chi connectivity index (χ3v) is 7.70. The fourth-order valence-electron chi connectivity index (χ4n) is 5.46. The fraction of sp³-hybridized carbons (Fsp3) is 0.440. The summed E-state index contributed by atoms with van der Waals surface area (Å²) in [6.45, 7) is -0.266. The van der Waals surface area contributed by atoms with Crippen LogP contribution in [0.2, 0.25) is 10.0 Å². The summed E-state index contributed by atoms with van der Waals surface area (Å²) in [5.74, 6) is -1.22. The number of fused-ring (bicyclic) bond motifs is 2. The van der Waals surface area contributed by atoms with Gasteiger partial charge in [0.05, 0.1) is 22.6 Å². The van der Waals surface area contributed by atoms with Gasteiger partial charge >= 0.3 is 0 Å². The van der Waals surface area contributed by atoms with E-state index in [0.29, 0.717) is 12.0 Å². The Morgan fingerprint density at radius 1 is 1.08 bits per heavy atom. The van der Waals surface area contributed by atoms with Gasteiger partial charge in [-0.05, 0) is 43.4 Å². The van der Waals surface area contributed by atoms with Crippen molar-refractivity contribution in [1.29, 1.82) is 0 Å². The van der Waals surface area contributed by atoms with E-state index in [-0.39, 0.29) is 64.8 Å². The van der Waals surface area contributed by atoms with Gasteiger partial charge in [-0.25, -0.2) is 8.78 Å². The maximum atomic E-state index is 13.8. The predicted octanol–water partition coefficient (Wildman–Crippen LogP) is 4.08. The van der Waals surface area contributed by atoms with E-state index in [4.69, 9.17) is 32.7 Å². The van der Waals surface area contributed by atoms with Crippen LogP contribution in [0.25, 0.3) is 0 Å². The molecule has 192 valence electrons. The van der Waals surface area contributed by atoms with Gasteiger partial charge in [-0.2, -0.15) is 0 Å². The van der Waals surface area contributed by atoms with Crippen LogP contribution in [0.15, 0.2) is 30.3 Å². The SMILES string of the molecule is O=C(COc1ccc(Cl)c(F)c1)NC1CC2(NC(=O)C[C@H]3C[C@@H](O)c4cc(Cl)c(F)cc4O3)CC1C2. The van der Waals surface area contributed by atoms with Crippen LogP contribution in [-0.4, -0.2) is 41.2 Å². The Morgan fingerprint density at radius 2 is 1.83 bits per heavy atom. The summed E-state index contributed by atoms with van der Waals surface area (Å²) in [7, 11) is 0. The summed E-state index contributed by atoms with van der Waals surface area (Å²) < 4.78 is 38.4. The van der Waals surface area contributed by atoms with Gasteiger partial charge in [0.2, 0.25) is 5.91 Å². The van der Waals surface area contributed by atoms with Gasteiger partial charge in [-0.15, -0.1) is 0 Å². The van der Waals surface area contributed by atoms with Gasteiger partial charge in [0.15, 0.2) is 6.61 Å². The maximum absolute atomic E-state index is 13.8. The lowest BCUT2D eigenvalue weighted by Crippen LogP contribution is -2.52. The van der Waals surface area contributed by atoms with E-state index >= 15 is 0 Å². The van der Waals surface area contributed by atoms with E-state index in [2.05, 4.69) is 10.6 Å². The molecule has 6 rings (SSSR count). The lowest BCUT2D eigenvalue weighted by atomic mass is 9.76. The lowest BCUT2D eigenvalue weighted by molar-refractivity contribution is -0.126. The Labute approximate surface area is 216 Å².